The lowest BCUT2D eigenvalue weighted by Gasteiger charge is -2.22. The smallest absolute Gasteiger partial charge is 0.252 e. The minimum atomic E-state index is -0.0312. The number of hydrogen-bond donors (Lipinski definition) is 0. The first-order valence-electron chi connectivity index (χ1n) is 5.41. The number of benzene rings is 1. The highest BCUT2D eigenvalue weighted by Gasteiger charge is 2.33. The van der Waals surface area contributed by atoms with Crippen molar-refractivity contribution in [3.05, 3.63) is 48.0 Å². The number of rotatable bonds is 2. The molecule has 88 valence electrons. The van der Waals surface area contributed by atoms with E-state index in [1.165, 1.54) is 0 Å². The Kier molecular flexibility index (Phi) is 3.97. The lowest BCUT2D eigenvalue weighted by atomic mass is 10.1. The van der Waals surface area contributed by atoms with Crippen LogP contribution in [0.4, 0.5) is 0 Å². The highest BCUT2D eigenvalue weighted by atomic mass is 32.2. The normalized spacial score (nSPS) is 20.2. The molecule has 1 aromatic rings. The number of nitrogens with zero attached hydrogens (tertiary/aromatic N) is 1. The SMILES string of the molecule is C/C=C/C(=O)N1C(=S)SC[C@H]1c1ccccc1. The van der Waals surface area contributed by atoms with Crippen LogP contribution in [0.1, 0.15) is 18.5 Å². The molecule has 0 bridgehead atoms. The van der Waals surface area contributed by atoms with Crippen molar-refractivity contribution in [3.8, 4) is 0 Å². The Morgan fingerprint density at radius 2 is 2.18 bits per heavy atom. The molecule has 2 rings (SSSR count). The molecule has 1 fully saturated rings. The third-order valence-corrected chi connectivity index (χ3v) is 4.08. The molecule has 1 aliphatic rings. The van der Waals surface area contributed by atoms with Crippen molar-refractivity contribution < 1.29 is 4.79 Å². The van der Waals surface area contributed by atoms with E-state index in [0.717, 1.165) is 11.3 Å². The first-order chi connectivity index (χ1) is 8.24. The number of hydrogen-bond acceptors (Lipinski definition) is 3. The molecule has 0 unspecified atom stereocenters. The second kappa shape index (κ2) is 5.47. The van der Waals surface area contributed by atoms with Gasteiger partial charge in [0, 0.05) is 5.75 Å². The van der Waals surface area contributed by atoms with Crippen molar-refractivity contribution in [1.29, 1.82) is 0 Å². The molecular formula is C13H13NOS2. The monoisotopic (exact) mass is 263 g/mol. The maximum atomic E-state index is 12.0. The van der Waals surface area contributed by atoms with Crippen LogP contribution >= 0.6 is 24.0 Å². The van der Waals surface area contributed by atoms with Crippen LogP contribution < -0.4 is 0 Å². The van der Waals surface area contributed by atoms with E-state index in [1.807, 2.05) is 37.3 Å². The van der Waals surface area contributed by atoms with Crippen molar-refractivity contribution in [2.24, 2.45) is 0 Å². The van der Waals surface area contributed by atoms with Crippen molar-refractivity contribution in [2.45, 2.75) is 13.0 Å². The molecule has 0 saturated carbocycles. The highest BCUT2D eigenvalue weighted by Crippen LogP contribution is 2.35. The van der Waals surface area contributed by atoms with Gasteiger partial charge in [0.05, 0.1) is 6.04 Å². The zero-order chi connectivity index (χ0) is 12.3. The quantitative estimate of drug-likeness (QED) is 0.604. The molecular weight excluding hydrogens is 250 g/mol. The van der Waals surface area contributed by atoms with Gasteiger partial charge in [-0.1, -0.05) is 60.4 Å². The van der Waals surface area contributed by atoms with Gasteiger partial charge in [0.1, 0.15) is 4.32 Å². The summed E-state index contributed by atoms with van der Waals surface area (Å²) in [4.78, 5) is 13.7. The molecule has 1 heterocycles. The van der Waals surface area contributed by atoms with Crippen LogP contribution in [0, 0.1) is 0 Å². The lowest BCUT2D eigenvalue weighted by Crippen LogP contribution is -2.32. The fraction of sp³-hybridized carbons (Fsp3) is 0.231. The summed E-state index contributed by atoms with van der Waals surface area (Å²) < 4.78 is 0.668. The summed E-state index contributed by atoms with van der Waals surface area (Å²) in [7, 11) is 0. The molecule has 0 aromatic heterocycles. The third-order valence-electron chi connectivity index (χ3n) is 2.60. The maximum absolute atomic E-state index is 12.0. The Balaban J connectivity index is 2.28. The van der Waals surface area contributed by atoms with Gasteiger partial charge in [-0.2, -0.15) is 0 Å². The fourth-order valence-electron chi connectivity index (χ4n) is 1.81. The molecule has 1 atom stereocenters. The number of allylic oxidation sites excluding steroid dienone is 1. The van der Waals surface area contributed by atoms with Gasteiger partial charge >= 0.3 is 0 Å². The molecule has 0 aliphatic carbocycles. The molecule has 0 radical (unpaired) electrons. The Morgan fingerprint density at radius 3 is 2.82 bits per heavy atom. The summed E-state index contributed by atoms with van der Waals surface area (Å²) in [6, 6.07) is 10.1. The highest BCUT2D eigenvalue weighted by molar-refractivity contribution is 8.23. The average molecular weight is 263 g/mol. The molecule has 1 amide bonds. The molecule has 0 spiro atoms. The van der Waals surface area contributed by atoms with E-state index in [9.17, 15) is 4.79 Å². The zero-order valence-corrected chi connectivity index (χ0v) is 11.1. The number of amides is 1. The average Bonchev–Trinajstić information content (AvgIpc) is 2.73. The second-order valence-corrected chi connectivity index (χ2v) is 5.37. The van der Waals surface area contributed by atoms with E-state index in [-0.39, 0.29) is 11.9 Å². The van der Waals surface area contributed by atoms with Crippen LogP contribution in [0.3, 0.4) is 0 Å². The van der Waals surface area contributed by atoms with Crippen LogP contribution in [0.15, 0.2) is 42.5 Å². The van der Waals surface area contributed by atoms with E-state index in [2.05, 4.69) is 0 Å². The second-order valence-electron chi connectivity index (χ2n) is 3.71. The van der Waals surface area contributed by atoms with Crippen LogP contribution in [0.2, 0.25) is 0 Å². The summed E-state index contributed by atoms with van der Waals surface area (Å²) in [5.41, 5.74) is 1.14. The molecule has 2 nitrogen and oxygen atoms in total. The van der Waals surface area contributed by atoms with Crippen molar-refractivity contribution in [1.82, 2.24) is 4.90 Å². The topological polar surface area (TPSA) is 20.3 Å². The van der Waals surface area contributed by atoms with Crippen molar-refractivity contribution in [3.63, 3.8) is 0 Å². The lowest BCUT2D eigenvalue weighted by molar-refractivity contribution is -0.123. The predicted molar refractivity (Wildman–Crippen MR) is 75.9 cm³/mol. The third kappa shape index (κ3) is 2.58. The van der Waals surface area contributed by atoms with Gasteiger partial charge < -0.3 is 0 Å². The van der Waals surface area contributed by atoms with Crippen LogP contribution in [0.25, 0.3) is 0 Å². The summed E-state index contributed by atoms with van der Waals surface area (Å²) in [5.74, 6) is 0.808. The van der Waals surface area contributed by atoms with Crippen LogP contribution in [-0.4, -0.2) is 20.9 Å². The van der Waals surface area contributed by atoms with E-state index in [0.29, 0.717) is 4.32 Å². The van der Waals surface area contributed by atoms with E-state index >= 15 is 0 Å². The number of carbonyl (C=O) groups excluding carboxylic acids is 1. The Morgan fingerprint density at radius 1 is 1.47 bits per heavy atom. The van der Waals surface area contributed by atoms with Gasteiger partial charge in [-0.25, -0.2) is 0 Å². The van der Waals surface area contributed by atoms with E-state index < -0.39 is 0 Å². The zero-order valence-electron chi connectivity index (χ0n) is 9.50. The fourth-order valence-corrected chi connectivity index (χ4v) is 3.23. The number of thioether (sulfide) groups is 1. The van der Waals surface area contributed by atoms with Crippen LogP contribution in [-0.2, 0) is 4.79 Å². The van der Waals surface area contributed by atoms with Crippen LogP contribution in [0.5, 0.6) is 0 Å². The van der Waals surface area contributed by atoms with Gasteiger partial charge in [-0.3, -0.25) is 9.69 Å². The minimum absolute atomic E-state index is 0.0312. The van der Waals surface area contributed by atoms with Gasteiger partial charge in [-0.05, 0) is 18.6 Å². The standard InChI is InChI=1S/C13H13NOS2/c1-2-6-12(15)14-11(9-17-13(14)16)10-7-4-3-5-8-10/h2-8,11H,9H2,1H3/b6-2+/t11-/m0/s1. The molecule has 1 saturated heterocycles. The van der Waals surface area contributed by atoms with Gasteiger partial charge in [0.2, 0.25) is 0 Å². The predicted octanol–water partition coefficient (Wildman–Crippen LogP) is 3.16. The molecule has 4 heteroatoms. The number of carbonyl (C=O) groups is 1. The summed E-state index contributed by atoms with van der Waals surface area (Å²) in [6.07, 6.45) is 3.31. The van der Waals surface area contributed by atoms with Gasteiger partial charge in [-0.15, -0.1) is 0 Å². The minimum Gasteiger partial charge on any atom is -0.286 e. The molecule has 17 heavy (non-hydrogen) atoms. The first kappa shape index (κ1) is 12.3. The molecule has 1 aliphatic heterocycles. The Bertz CT molecular complexity index is 456. The van der Waals surface area contributed by atoms with Gasteiger partial charge in [0.25, 0.3) is 5.91 Å². The Hall–Kier alpha value is -1.13. The number of thiocarbonyl (C=S) groups is 1. The van der Waals surface area contributed by atoms with Gasteiger partial charge in [0.15, 0.2) is 0 Å². The molecule has 0 N–H and O–H groups in total. The Labute approximate surface area is 111 Å². The maximum Gasteiger partial charge on any atom is 0.252 e. The van der Waals surface area contributed by atoms with E-state index in [1.54, 1.807) is 28.8 Å². The summed E-state index contributed by atoms with van der Waals surface area (Å²) >= 11 is 6.81. The summed E-state index contributed by atoms with van der Waals surface area (Å²) in [6.45, 7) is 1.84. The van der Waals surface area contributed by atoms with E-state index in [4.69, 9.17) is 12.2 Å². The summed E-state index contributed by atoms with van der Waals surface area (Å²) in [5, 5.41) is 0. The van der Waals surface area contributed by atoms with Crippen molar-refractivity contribution >= 4 is 34.2 Å². The largest absolute Gasteiger partial charge is 0.286 e. The first-order valence-corrected chi connectivity index (χ1v) is 6.81. The molecule has 1 aromatic carbocycles. The van der Waals surface area contributed by atoms with Crippen molar-refractivity contribution in [2.75, 3.05) is 5.75 Å².